The van der Waals surface area contributed by atoms with E-state index in [2.05, 4.69) is 0 Å². The second-order valence-corrected chi connectivity index (χ2v) is 4.69. The Morgan fingerprint density at radius 1 is 1.25 bits per heavy atom. The molecule has 0 aliphatic rings. The summed E-state index contributed by atoms with van der Waals surface area (Å²) in [5.41, 5.74) is 0.622. The highest BCUT2D eigenvalue weighted by atomic mass is 16.4. The number of carbonyl (C=O) groups is 2. The van der Waals surface area contributed by atoms with Gasteiger partial charge in [-0.2, -0.15) is 0 Å². The van der Waals surface area contributed by atoms with Crippen LogP contribution in [0.5, 0.6) is 0 Å². The number of hydrogen-bond acceptors (Lipinski definition) is 2. The van der Waals surface area contributed by atoms with Gasteiger partial charge in [-0.25, -0.2) is 4.79 Å². The largest absolute Gasteiger partial charge is 0.479 e. The van der Waals surface area contributed by atoms with E-state index in [1.54, 1.807) is 6.07 Å². The van der Waals surface area contributed by atoms with Gasteiger partial charge in [-0.1, -0.05) is 43.3 Å². The molecule has 0 radical (unpaired) electrons. The molecule has 4 nitrogen and oxygen atoms in total. The van der Waals surface area contributed by atoms with E-state index in [9.17, 15) is 14.7 Å². The minimum Gasteiger partial charge on any atom is -0.479 e. The predicted molar refractivity (Wildman–Crippen MR) is 77.4 cm³/mol. The van der Waals surface area contributed by atoms with E-state index in [-0.39, 0.29) is 0 Å². The molecule has 0 aliphatic heterocycles. The molecule has 0 saturated heterocycles. The third-order valence-electron chi connectivity index (χ3n) is 3.27. The SMILES string of the molecule is CCCN(C=O)C(C(=O)O)c1ccc2ccccc2c1. The minimum atomic E-state index is -1.01. The summed E-state index contributed by atoms with van der Waals surface area (Å²) in [5, 5.41) is 11.4. The van der Waals surface area contributed by atoms with Crippen LogP contribution in [0.3, 0.4) is 0 Å². The first-order chi connectivity index (χ1) is 9.67. The van der Waals surface area contributed by atoms with E-state index >= 15 is 0 Å². The van der Waals surface area contributed by atoms with Gasteiger partial charge in [-0.05, 0) is 28.8 Å². The van der Waals surface area contributed by atoms with Crippen molar-refractivity contribution in [3.8, 4) is 0 Å². The van der Waals surface area contributed by atoms with Gasteiger partial charge < -0.3 is 10.0 Å². The zero-order valence-corrected chi connectivity index (χ0v) is 11.3. The molecular weight excluding hydrogens is 254 g/mol. The number of carboxylic acid groups (broad SMARTS) is 1. The van der Waals surface area contributed by atoms with E-state index in [1.807, 2.05) is 43.3 Å². The molecule has 0 spiro atoms. The van der Waals surface area contributed by atoms with Gasteiger partial charge in [0.1, 0.15) is 0 Å². The molecule has 1 amide bonds. The highest BCUT2D eigenvalue weighted by Gasteiger charge is 2.26. The zero-order chi connectivity index (χ0) is 14.5. The van der Waals surface area contributed by atoms with Crippen molar-refractivity contribution in [3.05, 3.63) is 48.0 Å². The fourth-order valence-electron chi connectivity index (χ4n) is 2.35. The van der Waals surface area contributed by atoms with Crippen molar-refractivity contribution in [2.75, 3.05) is 6.54 Å². The first kappa shape index (κ1) is 14.1. The van der Waals surface area contributed by atoms with Gasteiger partial charge in [0.05, 0.1) is 0 Å². The molecular formula is C16H17NO3. The normalized spacial score (nSPS) is 12.1. The number of aliphatic carboxylic acids is 1. The Morgan fingerprint density at radius 3 is 2.55 bits per heavy atom. The number of fused-ring (bicyclic) bond motifs is 1. The maximum atomic E-state index is 11.5. The summed E-state index contributed by atoms with van der Waals surface area (Å²) < 4.78 is 0. The summed E-state index contributed by atoms with van der Waals surface area (Å²) in [5.74, 6) is -1.01. The van der Waals surface area contributed by atoms with E-state index < -0.39 is 12.0 Å². The molecule has 0 saturated carbocycles. The number of amides is 1. The van der Waals surface area contributed by atoms with Crippen molar-refractivity contribution in [1.82, 2.24) is 4.90 Å². The molecule has 0 aliphatic carbocycles. The van der Waals surface area contributed by atoms with Gasteiger partial charge in [0, 0.05) is 6.54 Å². The maximum absolute atomic E-state index is 11.5. The van der Waals surface area contributed by atoms with Crippen molar-refractivity contribution < 1.29 is 14.7 Å². The third kappa shape index (κ3) is 2.79. The lowest BCUT2D eigenvalue weighted by Crippen LogP contribution is -2.33. The Hall–Kier alpha value is -2.36. The average molecular weight is 271 g/mol. The zero-order valence-electron chi connectivity index (χ0n) is 11.3. The maximum Gasteiger partial charge on any atom is 0.331 e. The molecule has 104 valence electrons. The molecule has 1 N–H and O–H groups in total. The van der Waals surface area contributed by atoms with E-state index in [0.717, 1.165) is 17.2 Å². The fourth-order valence-corrected chi connectivity index (χ4v) is 2.35. The summed E-state index contributed by atoms with van der Waals surface area (Å²) in [4.78, 5) is 24.0. The van der Waals surface area contributed by atoms with Gasteiger partial charge in [-0.15, -0.1) is 0 Å². The Bertz CT molecular complexity index is 624. The second kappa shape index (κ2) is 6.19. The molecule has 20 heavy (non-hydrogen) atoms. The van der Waals surface area contributed by atoms with Gasteiger partial charge >= 0.3 is 5.97 Å². The molecule has 0 bridgehead atoms. The molecule has 2 aromatic rings. The van der Waals surface area contributed by atoms with Crippen LogP contribution in [0, 0.1) is 0 Å². The summed E-state index contributed by atoms with van der Waals surface area (Å²) in [6.07, 6.45) is 1.33. The summed E-state index contributed by atoms with van der Waals surface area (Å²) >= 11 is 0. The lowest BCUT2D eigenvalue weighted by Gasteiger charge is -2.25. The lowest BCUT2D eigenvalue weighted by molar-refractivity contribution is -0.146. The van der Waals surface area contributed by atoms with E-state index in [4.69, 9.17) is 0 Å². The Labute approximate surface area is 117 Å². The number of benzene rings is 2. The fraction of sp³-hybridized carbons (Fsp3) is 0.250. The highest BCUT2D eigenvalue weighted by Crippen LogP contribution is 2.24. The van der Waals surface area contributed by atoms with Crippen LogP contribution in [0.4, 0.5) is 0 Å². The van der Waals surface area contributed by atoms with Crippen LogP contribution in [0.25, 0.3) is 10.8 Å². The number of carboxylic acids is 1. The molecule has 0 fully saturated rings. The summed E-state index contributed by atoms with van der Waals surface area (Å²) in [7, 11) is 0. The standard InChI is InChI=1S/C16H17NO3/c1-2-9-17(11-18)15(16(19)20)14-8-7-12-5-3-4-6-13(12)10-14/h3-8,10-11,15H,2,9H2,1H3,(H,19,20). The van der Waals surface area contributed by atoms with Gasteiger partial charge in [-0.3, -0.25) is 4.79 Å². The Morgan fingerprint density at radius 2 is 1.95 bits per heavy atom. The van der Waals surface area contributed by atoms with Crippen LogP contribution in [-0.2, 0) is 9.59 Å². The van der Waals surface area contributed by atoms with Crippen LogP contribution in [0.1, 0.15) is 24.9 Å². The predicted octanol–water partition coefficient (Wildman–Crippen LogP) is 2.83. The summed E-state index contributed by atoms with van der Waals surface area (Å²) in [6.45, 7) is 2.34. The number of carbonyl (C=O) groups excluding carboxylic acids is 1. The molecule has 4 heteroatoms. The quantitative estimate of drug-likeness (QED) is 0.822. The summed E-state index contributed by atoms with van der Waals surface area (Å²) in [6, 6.07) is 12.3. The topological polar surface area (TPSA) is 57.6 Å². The molecule has 0 heterocycles. The second-order valence-electron chi connectivity index (χ2n) is 4.69. The average Bonchev–Trinajstić information content (AvgIpc) is 2.46. The van der Waals surface area contributed by atoms with Gasteiger partial charge in [0.2, 0.25) is 6.41 Å². The first-order valence-electron chi connectivity index (χ1n) is 6.60. The van der Waals surface area contributed by atoms with Crippen LogP contribution < -0.4 is 0 Å². The molecule has 2 aromatic carbocycles. The molecule has 1 unspecified atom stereocenters. The highest BCUT2D eigenvalue weighted by molar-refractivity contribution is 5.86. The van der Waals surface area contributed by atoms with Crippen molar-refractivity contribution in [1.29, 1.82) is 0 Å². The van der Waals surface area contributed by atoms with Crippen LogP contribution in [0.2, 0.25) is 0 Å². The van der Waals surface area contributed by atoms with Crippen molar-refractivity contribution in [2.24, 2.45) is 0 Å². The minimum absolute atomic E-state index is 0.424. The van der Waals surface area contributed by atoms with Gasteiger partial charge in [0.25, 0.3) is 0 Å². The smallest absolute Gasteiger partial charge is 0.331 e. The molecule has 1 atom stereocenters. The van der Waals surface area contributed by atoms with E-state index in [0.29, 0.717) is 18.5 Å². The molecule has 0 aromatic heterocycles. The van der Waals surface area contributed by atoms with Crippen LogP contribution in [0.15, 0.2) is 42.5 Å². The monoisotopic (exact) mass is 271 g/mol. The van der Waals surface area contributed by atoms with Gasteiger partial charge in [0.15, 0.2) is 6.04 Å². The number of rotatable bonds is 6. The Balaban J connectivity index is 2.45. The molecule has 2 rings (SSSR count). The van der Waals surface area contributed by atoms with Crippen LogP contribution in [-0.4, -0.2) is 28.9 Å². The van der Waals surface area contributed by atoms with E-state index in [1.165, 1.54) is 4.90 Å². The van der Waals surface area contributed by atoms with Crippen molar-refractivity contribution >= 4 is 23.2 Å². The van der Waals surface area contributed by atoms with Crippen LogP contribution >= 0.6 is 0 Å². The number of hydrogen-bond donors (Lipinski definition) is 1. The van der Waals surface area contributed by atoms with Crippen molar-refractivity contribution in [2.45, 2.75) is 19.4 Å². The Kier molecular flexibility index (Phi) is 4.35. The first-order valence-corrected chi connectivity index (χ1v) is 6.60. The third-order valence-corrected chi connectivity index (χ3v) is 3.27. The number of nitrogens with zero attached hydrogens (tertiary/aromatic N) is 1. The van der Waals surface area contributed by atoms with Crippen molar-refractivity contribution in [3.63, 3.8) is 0 Å². The lowest BCUT2D eigenvalue weighted by atomic mass is 10.0.